The second kappa shape index (κ2) is 5.37. The Bertz CT molecular complexity index is 532. The van der Waals surface area contributed by atoms with Crippen molar-refractivity contribution in [2.45, 2.75) is 13.3 Å². The van der Waals surface area contributed by atoms with Gasteiger partial charge in [0, 0.05) is 6.42 Å². The van der Waals surface area contributed by atoms with Crippen molar-refractivity contribution in [3.8, 4) is 6.07 Å². The minimum absolute atomic E-state index is 0.0761. The number of carbonyl (C=O) groups excluding carboxylic acids is 1. The van der Waals surface area contributed by atoms with Crippen LogP contribution < -0.4 is 0 Å². The molecule has 19 heavy (non-hydrogen) atoms. The van der Waals surface area contributed by atoms with Crippen LogP contribution in [-0.4, -0.2) is 25.8 Å². The maximum atomic E-state index is 13.6. The highest BCUT2D eigenvalue weighted by molar-refractivity contribution is 5.89. The van der Waals surface area contributed by atoms with Crippen LogP contribution in [-0.2, 0) is 9.47 Å². The van der Waals surface area contributed by atoms with Gasteiger partial charge in [-0.1, -0.05) is 6.07 Å². The average Bonchev–Trinajstić information content (AvgIpc) is 2.32. The first kappa shape index (κ1) is 13.5. The van der Waals surface area contributed by atoms with E-state index in [-0.39, 0.29) is 18.6 Å². The molecule has 1 aromatic carbocycles. The Morgan fingerprint density at radius 1 is 1.58 bits per heavy atom. The monoisotopic (exact) mass is 263 g/mol. The van der Waals surface area contributed by atoms with E-state index in [2.05, 4.69) is 0 Å². The summed E-state index contributed by atoms with van der Waals surface area (Å²) in [5, 5.41) is 8.72. The lowest BCUT2D eigenvalue weighted by Gasteiger charge is -2.38. The Balaban J connectivity index is 2.00. The van der Waals surface area contributed by atoms with Crippen LogP contribution in [0.25, 0.3) is 0 Å². The molecule has 0 spiro atoms. The summed E-state index contributed by atoms with van der Waals surface area (Å²) >= 11 is 0. The van der Waals surface area contributed by atoms with Gasteiger partial charge in [0.2, 0.25) is 0 Å². The number of hydrogen-bond acceptors (Lipinski definition) is 4. The van der Waals surface area contributed by atoms with Crippen molar-refractivity contribution in [3.63, 3.8) is 0 Å². The second-order valence-electron chi connectivity index (χ2n) is 4.89. The summed E-state index contributed by atoms with van der Waals surface area (Å²) in [4.78, 5) is 11.8. The van der Waals surface area contributed by atoms with E-state index in [1.54, 1.807) is 13.0 Å². The molecule has 1 aromatic rings. The van der Waals surface area contributed by atoms with Crippen molar-refractivity contribution in [3.05, 3.63) is 35.1 Å². The number of rotatable bonds is 4. The molecule has 0 saturated carbocycles. The van der Waals surface area contributed by atoms with Gasteiger partial charge in [-0.05, 0) is 24.6 Å². The van der Waals surface area contributed by atoms with Crippen molar-refractivity contribution >= 4 is 5.97 Å². The van der Waals surface area contributed by atoms with Crippen LogP contribution in [0.3, 0.4) is 0 Å². The van der Waals surface area contributed by atoms with Gasteiger partial charge in [0.15, 0.2) is 0 Å². The first-order valence-electron chi connectivity index (χ1n) is 5.94. The van der Waals surface area contributed by atoms with E-state index in [9.17, 15) is 9.18 Å². The lowest BCUT2D eigenvalue weighted by Crippen LogP contribution is -2.46. The second-order valence-corrected chi connectivity index (χ2v) is 4.89. The van der Waals surface area contributed by atoms with Crippen molar-refractivity contribution in [1.29, 1.82) is 5.26 Å². The summed E-state index contributed by atoms with van der Waals surface area (Å²) in [6.45, 7) is 2.60. The molecule has 0 aliphatic carbocycles. The topological polar surface area (TPSA) is 59.3 Å². The summed E-state index contributed by atoms with van der Waals surface area (Å²) in [6, 6.07) is 6.39. The molecule has 4 nitrogen and oxygen atoms in total. The predicted molar refractivity (Wildman–Crippen MR) is 64.9 cm³/mol. The Labute approximate surface area is 110 Å². The van der Waals surface area contributed by atoms with E-state index in [1.165, 1.54) is 12.1 Å². The van der Waals surface area contributed by atoms with E-state index in [0.29, 0.717) is 13.2 Å². The molecule has 0 N–H and O–H groups in total. The molecular formula is C14H14FNO3. The number of esters is 1. The lowest BCUT2D eigenvalue weighted by atomic mass is 9.84. The van der Waals surface area contributed by atoms with Gasteiger partial charge >= 0.3 is 5.97 Å². The quantitative estimate of drug-likeness (QED) is 0.781. The molecule has 1 fully saturated rings. The highest BCUT2D eigenvalue weighted by atomic mass is 19.1. The lowest BCUT2D eigenvalue weighted by molar-refractivity contribution is -0.135. The van der Waals surface area contributed by atoms with Crippen LogP contribution in [0.15, 0.2) is 18.2 Å². The third kappa shape index (κ3) is 2.91. The molecule has 5 heteroatoms. The fourth-order valence-corrected chi connectivity index (χ4v) is 1.88. The van der Waals surface area contributed by atoms with E-state index >= 15 is 0 Å². The summed E-state index contributed by atoms with van der Waals surface area (Å²) in [6.07, 6.45) is 0.261. The average molecular weight is 263 g/mol. The molecule has 1 aliphatic heterocycles. The molecule has 0 atom stereocenters. The van der Waals surface area contributed by atoms with E-state index in [4.69, 9.17) is 14.7 Å². The van der Waals surface area contributed by atoms with E-state index in [0.717, 1.165) is 5.56 Å². The molecular weight excluding hydrogens is 249 g/mol. The molecule has 1 saturated heterocycles. The standard InChI is InChI=1S/C14H14FNO3/c1-10-2-3-11(12(15)6-10)13(17)19-9-14(4-5-16)7-18-8-14/h2-3,6H,4,7-9H2,1H3. The normalized spacial score (nSPS) is 16.3. The largest absolute Gasteiger partial charge is 0.461 e. The van der Waals surface area contributed by atoms with E-state index < -0.39 is 17.2 Å². The predicted octanol–water partition coefficient (Wildman–Crippen LogP) is 2.22. The SMILES string of the molecule is Cc1ccc(C(=O)OCC2(CC#N)COC2)c(F)c1. The van der Waals surface area contributed by atoms with Crippen molar-refractivity contribution in [1.82, 2.24) is 0 Å². The van der Waals surface area contributed by atoms with Crippen molar-refractivity contribution in [2.75, 3.05) is 19.8 Å². The zero-order valence-corrected chi connectivity index (χ0v) is 10.6. The molecule has 2 rings (SSSR count). The van der Waals surface area contributed by atoms with E-state index in [1.807, 2.05) is 6.07 Å². The third-order valence-corrected chi connectivity index (χ3v) is 3.12. The first-order valence-corrected chi connectivity index (χ1v) is 5.94. The summed E-state index contributed by atoms with van der Waals surface area (Å²) in [5.74, 6) is -1.30. The highest BCUT2D eigenvalue weighted by Gasteiger charge is 2.40. The molecule has 0 amide bonds. The number of halogens is 1. The summed E-state index contributed by atoms with van der Waals surface area (Å²) in [5.41, 5.74) is 0.228. The molecule has 0 aromatic heterocycles. The number of carbonyl (C=O) groups is 1. The van der Waals surface area contributed by atoms with Gasteiger partial charge in [-0.15, -0.1) is 0 Å². The van der Waals surface area contributed by atoms with Crippen LogP contribution in [0.2, 0.25) is 0 Å². The van der Waals surface area contributed by atoms with Crippen LogP contribution in [0.5, 0.6) is 0 Å². The van der Waals surface area contributed by atoms with Crippen LogP contribution in [0.4, 0.5) is 4.39 Å². The number of benzene rings is 1. The van der Waals surface area contributed by atoms with Gasteiger partial charge in [-0.2, -0.15) is 5.26 Å². The van der Waals surface area contributed by atoms with Gasteiger partial charge in [0.1, 0.15) is 12.4 Å². The Morgan fingerprint density at radius 2 is 2.32 bits per heavy atom. The Morgan fingerprint density at radius 3 is 2.84 bits per heavy atom. The molecule has 0 unspecified atom stereocenters. The molecule has 0 bridgehead atoms. The molecule has 0 radical (unpaired) electrons. The van der Waals surface area contributed by atoms with Gasteiger partial charge in [-0.25, -0.2) is 9.18 Å². The maximum Gasteiger partial charge on any atom is 0.341 e. The Hall–Kier alpha value is -1.93. The van der Waals surface area contributed by atoms with Crippen molar-refractivity contribution in [2.24, 2.45) is 5.41 Å². The number of nitrogens with zero attached hydrogens (tertiary/aromatic N) is 1. The van der Waals surface area contributed by atoms with Gasteiger partial charge in [0.25, 0.3) is 0 Å². The smallest absolute Gasteiger partial charge is 0.341 e. The van der Waals surface area contributed by atoms with Crippen LogP contribution in [0, 0.1) is 29.5 Å². The van der Waals surface area contributed by atoms with Crippen LogP contribution >= 0.6 is 0 Å². The third-order valence-electron chi connectivity index (χ3n) is 3.12. The number of hydrogen-bond donors (Lipinski definition) is 0. The molecule has 1 heterocycles. The minimum Gasteiger partial charge on any atom is -0.461 e. The van der Waals surface area contributed by atoms with Crippen LogP contribution in [0.1, 0.15) is 22.3 Å². The zero-order valence-electron chi connectivity index (χ0n) is 10.6. The summed E-state index contributed by atoms with van der Waals surface area (Å²) < 4.78 is 23.7. The van der Waals surface area contributed by atoms with Crippen molar-refractivity contribution < 1.29 is 18.7 Å². The minimum atomic E-state index is -0.707. The fraction of sp³-hybridized carbons (Fsp3) is 0.429. The fourth-order valence-electron chi connectivity index (χ4n) is 1.88. The highest BCUT2D eigenvalue weighted by Crippen LogP contribution is 2.31. The zero-order chi connectivity index (χ0) is 13.9. The maximum absolute atomic E-state index is 13.6. The number of aryl methyl sites for hydroxylation is 1. The molecule has 100 valence electrons. The Kier molecular flexibility index (Phi) is 3.82. The van der Waals surface area contributed by atoms with Gasteiger partial charge in [-0.3, -0.25) is 0 Å². The van der Waals surface area contributed by atoms with Gasteiger partial charge < -0.3 is 9.47 Å². The first-order chi connectivity index (χ1) is 9.06. The number of nitriles is 1. The molecule has 1 aliphatic rings. The summed E-state index contributed by atoms with van der Waals surface area (Å²) in [7, 11) is 0. The van der Waals surface area contributed by atoms with Gasteiger partial charge in [0.05, 0.1) is 30.3 Å². The number of ether oxygens (including phenoxy) is 2.